The van der Waals surface area contributed by atoms with Crippen molar-refractivity contribution in [2.75, 3.05) is 0 Å². The van der Waals surface area contributed by atoms with Crippen molar-refractivity contribution in [2.24, 2.45) is 0 Å². The lowest BCUT2D eigenvalue weighted by Gasteiger charge is -1.92. The molecule has 0 aliphatic heterocycles. The number of fused-ring (bicyclic) bond motifs is 1. The summed E-state index contributed by atoms with van der Waals surface area (Å²) in [4.78, 5) is 8.34. The minimum absolute atomic E-state index is 0.454. The molecule has 1 aromatic carbocycles. The van der Waals surface area contributed by atoms with E-state index in [-0.39, 0.29) is 0 Å². The summed E-state index contributed by atoms with van der Waals surface area (Å²) in [7, 11) is 0. The summed E-state index contributed by atoms with van der Waals surface area (Å²) in [6, 6.07) is 7.03. The van der Waals surface area contributed by atoms with Crippen LogP contribution in [-0.2, 0) is 0 Å². The van der Waals surface area contributed by atoms with Crippen molar-refractivity contribution in [2.45, 2.75) is 0 Å². The number of hydrogen-bond donors (Lipinski definition) is 0. The molecule has 3 rings (SSSR count). The van der Waals surface area contributed by atoms with Crippen molar-refractivity contribution in [3.8, 4) is 11.5 Å². The van der Waals surface area contributed by atoms with Gasteiger partial charge in [0.2, 0.25) is 5.89 Å². The molecule has 0 atom stereocenters. The maximum absolute atomic E-state index is 6.03. The van der Waals surface area contributed by atoms with Crippen molar-refractivity contribution < 1.29 is 4.42 Å². The van der Waals surface area contributed by atoms with E-state index >= 15 is 0 Å². The van der Waals surface area contributed by atoms with E-state index in [9.17, 15) is 0 Å². The third-order valence-electron chi connectivity index (χ3n) is 2.32. The smallest absolute Gasteiger partial charge is 0.228 e. The highest BCUT2D eigenvalue weighted by Gasteiger charge is 2.11. The van der Waals surface area contributed by atoms with Gasteiger partial charge in [-0.3, -0.25) is 4.98 Å². The van der Waals surface area contributed by atoms with Crippen LogP contribution in [0.5, 0.6) is 0 Å². The van der Waals surface area contributed by atoms with Crippen molar-refractivity contribution in [3.05, 3.63) is 46.7 Å². The quantitative estimate of drug-likeness (QED) is 0.662. The monoisotopic (exact) mass is 264 g/mol. The van der Waals surface area contributed by atoms with E-state index in [1.54, 1.807) is 24.5 Å². The van der Waals surface area contributed by atoms with Crippen LogP contribution in [0, 0.1) is 0 Å². The van der Waals surface area contributed by atoms with Crippen LogP contribution in [0.4, 0.5) is 0 Å². The minimum atomic E-state index is 0.454. The van der Waals surface area contributed by atoms with Gasteiger partial charge in [0, 0.05) is 17.4 Å². The molecule has 84 valence electrons. The molecule has 0 N–H and O–H groups in total. The topological polar surface area (TPSA) is 38.9 Å². The summed E-state index contributed by atoms with van der Waals surface area (Å²) in [5.41, 5.74) is 1.98. The fourth-order valence-electron chi connectivity index (χ4n) is 1.57. The van der Waals surface area contributed by atoms with Crippen LogP contribution in [-0.4, -0.2) is 9.97 Å². The van der Waals surface area contributed by atoms with Crippen molar-refractivity contribution >= 4 is 34.3 Å². The number of rotatable bonds is 1. The van der Waals surface area contributed by atoms with Gasteiger partial charge in [-0.15, -0.1) is 0 Å². The zero-order chi connectivity index (χ0) is 11.8. The molecule has 3 nitrogen and oxygen atoms in total. The Morgan fingerprint density at radius 2 is 2.06 bits per heavy atom. The Labute approximate surface area is 107 Å². The van der Waals surface area contributed by atoms with Crippen molar-refractivity contribution in [3.63, 3.8) is 0 Å². The van der Waals surface area contributed by atoms with Crippen LogP contribution in [0.25, 0.3) is 22.6 Å². The first-order valence-corrected chi connectivity index (χ1v) is 5.65. The second-order valence-corrected chi connectivity index (χ2v) is 4.34. The Kier molecular flexibility index (Phi) is 2.50. The molecule has 0 spiro atoms. The molecule has 0 unspecified atom stereocenters. The predicted molar refractivity (Wildman–Crippen MR) is 67.3 cm³/mol. The summed E-state index contributed by atoms with van der Waals surface area (Å²) in [5, 5.41) is 0.990. The summed E-state index contributed by atoms with van der Waals surface area (Å²) >= 11 is 11.9. The zero-order valence-corrected chi connectivity index (χ0v) is 10.0. The van der Waals surface area contributed by atoms with Gasteiger partial charge in [0.1, 0.15) is 5.52 Å². The lowest BCUT2D eigenvalue weighted by molar-refractivity contribution is 0.619. The Morgan fingerprint density at radius 1 is 1.18 bits per heavy atom. The Hall–Kier alpha value is -1.58. The average Bonchev–Trinajstić information content (AvgIpc) is 2.74. The highest BCUT2D eigenvalue weighted by atomic mass is 35.5. The highest BCUT2D eigenvalue weighted by Crippen LogP contribution is 2.31. The standard InChI is InChI=1S/C12H6Cl2N2O/c13-8-4-9(14)11-10(5-8)16-12(17-11)7-2-1-3-15-6-7/h1-6H. The van der Waals surface area contributed by atoms with E-state index < -0.39 is 0 Å². The van der Waals surface area contributed by atoms with E-state index in [0.717, 1.165) is 5.56 Å². The molecule has 17 heavy (non-hydrogen) atoms. The van der Waals surface area contributed by atoms with Crippen LogP contribution < -0.4 is 0 Å². The van der Waals surface area contributed by atoms with Crippen molar-refractivity contribution in [1.29, 1.82) is 0 Å². The molecule has 0 aliphatic carbocycles. The van der Waals surface area contributed by atoms with Crippen LogP contribution in [0.15, 0.2) is 41.1 Å². The van der Waals surface area contributed by atoms with Gasteiger partial charge >= 0.3 is 0 Å². The lowest BCUT2D eigenvalue weighted by Crippen LogP contribution is -1.77. The molecule has 0 saturated carbocycles. The van der Waals surface area contributed by atoms with Crippen LogP contribution >= 0.6 is 23.2 Å². The zero-order valence-electron chi connectivity index (χ0n) is 8.52. The largest absolute Gasteiger partial charge is 0.434 e. The Morgan fingerprint density at radius 3 is 2.82 bits per heavy atom. The molecule has 2 heterocycles. The maximum atomic E-state index is 6.03. The fraction of sp³-hybridized carbons (Fsp3) is 0. The van der Waals surface area contributed by atoms with Gasteiger partial charge in [-0.2, -0.15) is 0 Å². The molecule has 0 aliphatic rings. The van der Waals surface area contributed by atoms with E-state index in [1.165, 1.54) is 0 Å². The number of pyridine rings is 1. The SMILES string of the molecule is Clc1cc(Cl)c2oc(-c3cccnc3)nc2c1. The molecule has 0 bridgehead atoms. The first-order chi connectivity index (χ1) is 8.24. The van der Waals surface area contributed by atoms with E-state index in [2.05, 4.69) is 9.97 Å². The highest BCUT2D eigenvalue weighted by molar-refractivity contribution is 6.38. The Bertz CT molecular complexity index is 680. The van der Waals surface area contributed by atoms with Crippen molar-refractivity contribution in [1.82, 2.24) is 9.97 Å². The molecule has 0 fully saturated rings. The maximum Gasteiger partial charge on any atom is 0.228 e. The molecule has 0 amide bonds. The molecule has 5 heteroatoms. The fourth-order valence-corrected chi connectivity index (χ4v) is 2.09. The predicted octanol–water partition coefficient (Wildman–Crippen LogP) is 4.20. The van der Waals surface area contributed by atoms with Gasteiger partial charge in [0.05, 0.1) is 10.6 Å². The minimum Gasteiger partial charge on any atom is -0.434 e. The average molecular weight is 265 g/mol. The van der Waals surface area contributed by atoms with Gasteiger partial charge < -0.3 is 4.42 Å². The van der Waals surface area contributed by atoms with E-state index in [1.807, 2.05) is 12.1 Å². The third kappa shape index (κ3) is 1.88. The number of oxazole rings is 1. The second-order valence-electron chi connectivity index (χ2n) is 3.50. The first kappa shape index (κ1) is 10.6. The first-order valence-electron chi connectivity index (χ1n) is 4.90. The van der Waals surface area contributed by atoms with Crippen LogP contribution in [0.2, 0.25) is 10.0 Å². The number of aromatic nitrogens is 2. The van der Waals surface area contributed by atoms with E-state index in [4.69, 9.17) is 27.6 Å². The van der Waals surface area contributed by atoms with Gasteiger partial charge in [-0.05, 0) is 24.3 Å². The second kappa shape index (κ2) is 4.02. The Balaban J connectivity index is 2.24. The lowest BCUT2D eigenvalue weighted by atomic mass is 10.3. The van der Waals surface area contributed by atoms with Crippen LogP contribution in [0.1, 0.15) is 0 Å². The number of benzene rings is 1. The molecular formula is C12H6Cl2N2O. The molecule has 3 aromatic rings. The summed E-state index contributed by atoms with van der Waals surface area (Å²) in [5.74, 6) is 0.484. The number of nitrogens with zero attached hydrogens (tertiary/aromatic N) is 2. The van der Waals surface area contributed by atoms with Gasteiger partial charge in [0.25, 0.3) is 0 Å². The summed E-state index contributed by atoms with van der Waals surface area (Å²) < 4.78 is 5.60. The third-order valence-corrected chi connectivity index (χ3v) is 2.82. The number of halogens is 2. The number of hydrogen-bond acceptors (Lipinski definition) is 3. The molecule has 2 aromatic heterocycles. The van der Waals surface area contributed by atoms with Gasteiger partial charge in [0.15, 0.2) is 5.58 Å². The van der Waals surface area contributed by atoms with Gasteiger partial charge in [-0.1, -0.05) is 23.2 Å². The van der Waals surface area contributed by atoms with Crippen LogP contribution in [0.3, 0.4) is 0 Å². The molecular weight excluding hydrogens is 259 g/mol. The normalized spacial score (nSPS) is 10.9. The summed E-state index contributed by atoms with van der Waals surface area (Å²) in [6.07, 6.45) is 3.37. The van der Waals surface area contributed by atoms with E-state index in [0.29, 0.717) is 27.0 Å². The van der Waals surface area contributed by atoms with Gasteiger partial charge in [-0.25, -0.2) is 4.98 Å². The molecule has 0 radical (unpaired) electrons. The molecule has 0 saturated heterocycles. The summed E-state index contributed by atoms with van der Waals surface area (Å²) in [6.45, 7) is 0.